The van der Waals surface area contributed by atoms with E-state index in [9.17, 15) is 24.0 Å². The van der Waals surface area contributed by atoms with E-state index in [1.807, 2.05) is 38.1 Å². The molecular formula is C37H39N5O7. The summed E-state index contributed by atoms with van der Waals surface area (Å²) in [5, 5.41) is 14.1. The Labute approximate surface area is 284 Å². The summed E-state index contributed by atoms with van der Waals surface area (Å²) >= 11 is 0. The quantitative estimate of drug-likeness (QED) is 0.186. The highest BCUT2D eigenvalue weighted by Gasteiger charge is 2.23. The van der Waals surface area contributed by atoms with Gasteiger partial charge in [-0.1, -0.05) is 54.6 Å². The molecule has 0 saturated carbocycles. The van der Waals surface area contributed by atoms with Gasteiger partial charge in [-0.3, -0.25) is 19.2 Å². The second-order valence-electron chi connectivity index (χ2n) is 11.3. The van der Waals surface area contributed by atoms with Crippen LogP contribution in [0.2, 0.25) is 0 Å². The summed E-state index contributed by atoms with van der Waals surface area (Å²) in [6.07, 6.45) is -0.212. The van der Waals surface area contributed by atoms with Gasteiger partial charge < -0.3 is 35.2 Å². The van der Waals surface area contributed by atoms with Crippen molar-refractivity contribution in [1.29, 1.82) is 0 Å². The number of aliphatic carboxylic acids is 1. The van der Waals surface area contributed by atoms with Crippen LogP contribution in [-0.2, 0) is 25.6 Å². The highest BCUT2D eigenvalue weighted by Crippen LogP contribution is 2.25. The largest absolute Gasteiger partial charge is 0.484 e. The molecule has 4 aromatic rings. The van der Waals surface area contributed by atoms with Gasteiger partial charge in [0.2, 0.25) is 11.8 Å². The maximum absolute atomic E-state index is 13.6. The van der Waals surface area contributed by atoms with Crippen LogP contribution >= 0.6 is 0 Å². The number of likely N-dealkylation sites (N-methyl/N-ethyl adjacent to an activating group) is 2. The van der Waals surface area contributed by atoms with E-state index in [2.05, 4.69) is 10.6 Å². The Morgan fingerprint density at radius 1 is 0.714 bits per heavy atom. The van der Waals surface area contributed by atoms with Crippen molar-refractivity contribution in [3.05, 3.63) is 114 Å². The van der Waals surface area contributed by atoms with E-state index in [1.54, 1.807) is 85.7 Å². The van der Waals surface area contributed by atoms with E-state index < -0.39 is 30.4 Å². The van der Waals surface area contributed by atoms with Crippen molar-refractivity contribution in [2.24, 2.45) is 0 Å². The predicted molar refractivity (Wildman–Crippen MR) is 188 cm³/mol. The lowest BCUT2D eigenvalue weighted by atomic mass is 10.1. The minimum Gasteiger partial charge on any atom is -0.484 e. The number of urea groups is 1. The summed E-state index contributed by atoms with van der Waals surface area (Å²) in [7, 11) is 3.28. The van der Waals surface area contributed by atoms with Crippen LogP contribution < -0.4 is 30.1 Å². The highest BCUT2D eigenvalue weighted by atomic mass is 16.5. The average Bonchev–Trinajstić information content (AvgIpc) is 3.08. The van der Waals surface area contributed by atoms with Crippen LogP contribution in [-0.4, -0.2) is 68.6 Å². The lowest BCUT2D eigenvalue weighted by Gasteiger charge is -2.26. The zero-order valence-corrected chi connectivity index (χ0v) is 27.8. The van der Waals surface area contributed by atoms with Gasteiger partial charge in [-0.05, 0) is 66.9 Å². The molecule has 5 amide bonds. The summed E-state index contributed by atoms with van der Waals surface area (Å²) in [4.78, 5) is 68.0. The van der Waals surface area contributed by atoms with E-state index in [4.69, 9.17) is 9.84 Å². The zero-order valence-electron chi connectivity index (χ0n) is 27.8. The van der Waals surface area contributed by atoms with Crippen LogP contribution in [0.1, 0.15) is 16.7 Å². The van der Waals surface area contributed by atoms with Crippen molar-refractivity contribution >= 4 is 52.5 Å². The van der Waals surface area contributed by atoms with Gasteiger partial charge in [0, 0.05) is 42.9 Å². The molecule has 0 atom stereocenters. The average molecular weight is 666 g/mol. The van der Waals surface area contributed by atoms with Crippen molar-refractivity contribution in [2.75, 3.05) is 53.8 Å². The Hall–Kier alpha value is -6.17. The second kappa shape index (κ2) is 16.6. The lowest BCUT2D eigenvalue weighted by molar-refractivity contribution is -0.136. The first kappa shape index (κ1) is 35.7. The first-order chi connectivity index (χ1) is 23.4. The molecule has 0 aliphatic heterocycles. The van der Waals surface area contributed by atoms with Gasteiger partial charge in [-0.2, -0.15) is 0 Å². The molecule has 0 bridgehead atoms. The predicted octanol–water partition coefficient (Wildman–Crippen LogP) is 4.79. The van der Waals surface area contributed by atoms with Crippen molar-refractivity contribution in [3.63, 3.8) is 0 Å². The van der Waals surface area contributed by atoms with Crippen molar-refractivity contribution in [1.82, 2.24) is 5.32 Å². The molecule has 4 aromatic carbocycles. The van der Waals surface area contributed by atoms with Gasteiger partial charge in [0.15, 0.2) is 6.61 Å². The standard InChI is InChI=1S/C37H39N5O7/c1-25-11-8-12-26(2)36(25)41(4)34(45)24-49-31-18-10-17-30(21-31)42(23-33(44)40(3)29-15-6-5-7-16-29)32(43)22-38-37(48)39-28-14-9-13-27(19-28)20-35(46)47/h5-19,21H,20,22-24H2,1-4H3,(H,46,47)(H2,38,39,48). The van der Waals surface area contributed by atoms with Crippen molar-refractivity contribution in [2.45, 2.75) is 20.3 Å². The van der Waals surface area contributed by atoms with E-state index in [-0.39, 0.29) is 25.5 Å². The topological polar surface area (TPSA) is 149 Å². The number of anilines is 4. The third-order valence-electron chi connectivity index (χ3n) is 7.69. The molecule has 0 saturated heterocycles. The Kier molecular flexibility index (Phi) is 12.1. The number of nitrogens with zero attached hydrogens (tertiary/aromatic N) is 3. The van der Waals surface area contributed by atoms with Crippen LogP contribution in [0, 0.1) is 13.8 Å². The Balaban J connectivity index is 1.48. The fourth-order valence-corrected chi connectivity index (χ4v) is 5.16. The number of amides is 5. The molecule has 0 radical (unpaired) electrons. The summed E-state index contributed by atoms with van der Waals surface area (Å²) < 4.78 is 5.84. The first-order valence-corrected chi connectivity index (χ1v) is 15.5. The van der Waals surface area contributed by atoms with E-state index in [1.165, 1.54) is 15.9 Å². The lowest BCUT2D eigenvalue weighted by Crippen LogP contribution is -2.46. The second-order valence-corrected chi connectivity index (χ2v) is 11.3. The Morgan fingerprint density at radius 2 is 1.37 bits per heavy atom. The fraction of sp³-hybridized carbons (Fsp3) is 0.216. The van der Waals surface area contributed by atoms with E-state index in [0.717, 1.165) is 16.8 Å². The molecule has 0 aromatic heterocycles. The van der Waals surface area contributed by atoms with Crippen LogP contribution in [0.4, 0.5) is 27.5 Å². The molecule has 4 rings (SSSR count). The number of carboxylic acid groups (broad SMARTS) is 1. The monoisotopic (exact) mass is 665 g/mol. The number of aryl methyl sites for hydroxylation is 2. The number of carboxylic acids is 1. The molecular weight excluding hydrogens is 626 g/mol. The summed E-state index contributed by atoms with van der Waals surface area (Å²) in [5.74, 6) is -1.97. The molecule has 0 aliphatic rings. The third-order valence-corrected chi connectivity index (χ3v) is 7.69. The molecule has 0 unspecified atom stereocenters. The minimum absolute atomic E-state index is 0.212. The normalized spacial score (nSPS) is 10.4. The number of nitrogens with one attached hydrogen (secondary N) is 2. The van der Waals surface area contributed by atoms with Gasteiger partial charge >= 0.3 is 12.0 Å². The van der Waals surface area contributed by atoms with Gasteiger partial charge in [0.1, 0.15) is 12.3 Å². The number of hydrogen-bond acceptors (Lipinski definition) is 6. The van der Waals surface area contributed by atoms with E-state index >= 15 is 0 Å². The van der Waals surface area contributed by atoms with Crippen LogP contribution in [0.25, 0.3) is 0 Å². The number of benzene rings is 4. The zero-order chi connectivity index (χ0) is 35.5. The van der Waals surface area contributed by atoms with Crippen LogP contribution in [0.5, 0.6) is 5.75 Å². The van der Waals surface area contributed by atoms with Crippen molar-refractivity contribution < 1.29 is 33.8 Å². The van der Waals surface area contributed by atoms with Crippen molar-refractivity contribution in [3.8, 4) is 5.75 Å². The van der Waals surface area contributed by atoms with Gasteiger partial charge in [-0.15, -0.1) is 0 Å². The van der Waals surface area contributed by atoms with Gasteiger partial charge in [0.05, 0.1) is 13.0 Å². The molecule has 254 valence electrons. The molecule has 12 heteroatoms. The minimum atomic E-state index is -1.01. The van der Waals surface area contributed by atoms with Crippen LogP contribution in [0.15, 0.2) is 97.1 Å². The molecule has 0 heterocycles. The Bertz CT molecular complexity index is 1810. The van der Waals surface area contributed by atoms with Crippen LogP contribution in [0.3, 0.4) is 0 Å². The van der Waals surface area contributed by atoms with Gasteiger partial charge in [-0.25, -0.2) is 4.79 Å². The summed E-state index contributed by atoms with van der Waals surface area (Å²) in [6.45, 7) is 2.76. The fourth-order valence-electron chi connectivity index (χ4n) is 5.16. The maximum atomic E-state index is 13.6. The molecule has 49 heavy (non-hydrogen) atoms. The third kappa shape index (κ3) is 9.91. The number of hydrogen-bond donors (Lipinski definition) is 3. The molecule has 0 fully saturated rings. The molecule has 3 N–H and O–H groups in total. The number of rotatable bonds is 13. The number of ether oxygens (including phenoxy) is 1. The SMILES string of the molecule is Cc1cccc(C)c1N(C)C(=O)COc1cccc(N(CC(=O)N(C)c2ccccc2)C(=O)CNC(=O)Nc2cccc(CC(=O)O)c2)c1. The smallest absolute Gasteiger partial charge is 0.319 e. The first-order valence-electron chi connectivity index (χ1n) is 15.5. The molecule has 12 nitrogen and oxygen atoms in total. The summed E-state index contributed by atoms with van der Waals surface area (Å²) in [5.41, 5.74) is 4.49. The molecule has 0 spiro atoms. The number of carbonyl (C=O) groups is 5. The number of carbonyl (C=O) groups excluding carboxylic acids is 4. The van der Waals surface area contributed by atoms with Gasteiger partial charge in [0.25, 0.3) is 5.91 Å². The number of para-hydroxylation sites is 2. The Morgan fingerprint density at radius 3 is 2.06 bits per heavy atom. The maximum Gasteiger partial charge on any atom is 0.319 e. The highest BCUT2D eigenvalue weighted by molar-refractivity contribution is 6.05. The molecule has 0 aliphatic carbocycles. The summed E-state index contributed by atoms with van der Waals surface area (Å²) in [6, 6.07) is 26.8. The van der Waals surface area contributed by atoms with E-state index in [0.29, 0.717) is 28.4 Å².